The van der Waals surface area contributed by atoms with Gasteiger partial charge in [0.25, 0.3) is 11.8 Å². The summed E-state index contributed by atoms with van der Waals surface area (Å²) in [4.78, 5) is 28.0. The van der Waals surface area contributed by atoms with Crippen LogP contribution in [0.3, 0.4) is 0 Å². The third-order valence-electron chi connectivity index (χ3n) is 5.35. The fourth-order valence-corrected chi connectivity index (χ4v) is 3.61. The topological polar surface area (TPSA) is 85.5 Å². The first-order valence-electron chi connectivity index (χ1n) is 9.99. The number of nitrogens with zero attached hydrogens (tertiary/aromatic N) is 1. The van der Waals surface area contributed by atoms with E-state index in [1.165, 1.54) is 4.90 Å². The maximum absolute atomic E-state index is 13.0. The van der Waals surface area contributed by atoms with E-state index in [0.717, 1.165) is 36.2 Å². The molecular weight excluding hydrogens is 374 g/mol. The normalized spacial score (nSPS) is 14.9. The van der Waals surface area contributed by atoms with Gasteiger partial charge in [0.2, 0.25) is 0 Å². The Morgan fingerprint density at radius 2 is 2.00 bits per heavy atom. The number of benzene rings is 1. The number of fused-ring (bicyclic) bond motifs is 1. The predicted octanol–water partition coefficient (Wildman–Crippen LogP) is 0.243. The van der Waals surface area contributed by atoms with E-state index < -0.39 is 0 Å². The Hall–Kier alpha value is -2.58. The molecule has 0 aliphatic carbocycles. The van der Waals surface area contributed by atoms with Crippen molar-refractivity contribution in [1.82, 2.24) is 10.2 Å². The first-order valence-corrected chi connectivity index (χ1v) is 9.99. The molecule has 2 N–H and O–H groups in total. The average Bonchev–Trinajstić information content (AvgIpc) is 3.07. The quantitative estimate of drug-likeness (QED) is 0.616. The lowest BCUT2D eigenvalue weighted by Gasteiger charge is -2.31. The molecule has 0 spiro atoms. The summed E-state index contributed by atoms with van der Waals surface area (Å²) < 4.78 is 16.1. The summed E-state index contributed by atoms with van der Waals surface area (Å²) in [5.74, 6) is 1.06. The van der Waals surface area contributed by atoms with Crippen LogP contribution in [-0.4, -0.2) is 76.8 Å². The molecule has 0 atom stereocenters. The molecule has 0 saturated carbocycles. The highest BCUT2D eigenvalue weighted by atomic mass is 16.5. The number of carbonyl (C=O) groups is 2. The third kappa shape index (κ3) is 5.07. The van der Waals surface area contributed by atoms with E-state index in [2.05, 4.69) is 5.32 Å². The number of hydrogen-bond acceptors (Lipinski definition) is 5. The van der Waals surface area contributed by atoms with Gasteiger partial charge in [-0.15, -0.1) is 0 Å². The predicted molar refractivity (Wildman–Crippen MR) is 108 cm³/mol. The van der Waals surface area contributed by atoms with Crippen LogP contribution in [0.2, 0.25) is 0 Å². The number of aryl methyl sites for hydroxylation is 1. The Labute approximate surface area is 170 Å². The number of ether oxygens (including phenoxy) is 2. The monoisotopic (exact) mass is 404 g/mol. The molecule has 0 unspecified atom stereocenters. The summed E-state index contributed by atoms with van der Waals surface area (Å²) in [6, 6.07) is 5.53. The number of nitrogens with one attached hydrogen (secondary N) is 2. The van der Waals surface area contributed by atoms with E-state index in [4.69, 9.17) is 13.9 Å². The second-order valence-corrected chi connectivity index (χ2v) is 7.33. The van der Waals surface area contributed by atoms with Gasteiger partial charge >= 0.3 is 0 Å². The molecule has 1 aromatic heterocycles. The third-order valence-corrected chi connectivity index (χ3v) is 5.35. The molecule has 8 nitrogen and oxygen atoms in total. The van der Waals surface area contributed by atoms with Crippen molar-refractivity contribution >= 4 is 22.8 Å². The molecule has 3 rings (SSSR count). The molecule has 0 bridgehead atoms. The molecule has 29 heavy (non-hydrogen) atoms. The van der Waals surface area contributed by atoms with Crippen molar-refractivity contribution in [1.29, 1.82) is 0 Å². The van der Waals surface area contributed by atoms with Crippen molar-refractivity contribution in [3.8, 4) is 5.75 Å². The smallest absolute Gasteiger partial charge is 0.290 e. The lowest BCUT2D eigenvalue weighted by molar-refractivity contribution is -0.896. The minimum atomic E-state index is -0.0965. The Bertz CT molecular complexity index is 855. The van der Waals surface area contributed by atoms with Crippen LogP contribution in [0, 0.1) is 6.92 Å². The summed E-state index contributed by atoms with van der Waals surface area (Å²) in [6.45, 7) is 6.28. The molecular formula is C21H30N3O5+. The summed E-state index contributed by atoms with van der Waals surface area (Å²) in [7, 11) is 3.26. The summed E-state index contributed by atoms with van der Waals surface area (Å²) in [5.41, 5.74) is 1.51. The molecule has 0 radical (unpaired) electrons. The van der Waals surface area contributed by atoms with Crippen molar-refractivity contribution < 1.29 is 28.4 Å². The van der Waals surface area contributed by atoms with Crippen LogP contribution < -0.4 is 15.0 Å². The second-order valence-electron chi connectivity index (χ2n) is 7.33. The number of rotatable bonds is 8. The van der Waals surface area contributed by atoms with E-state index >= 15 is 0 Å². The highest BCUT2D eigenvalue weighted by molar-refractivity contribution is 5.99. The van der Waals surface area contributed by atoms with Gasteiger partial charge in [0.15, 0.2) is 12.3 Å². The van der Waals surface area contributed by atoms with Crippen LogP contribution in [0.25, 0.3) is 11.0 Å². The molecule has 1 fully saturated rings. The summed E-state index contributed by atoms with van der Waals surface area (Å²) >= 11 is 0. The number of amides is 2. The standard InChI is InChI=1S/C21H29N3O5/c1-15-17-13-16(28-3)5-6-18(17)29-20(15)21(26)24-10-8-23(9-11-24)14-19(25)22-7-4-12-27-2/h5-6,13H,4,7-12,14H2,1-3H3,(H,22,25)/p+1. The first kappa shape index (κ1) is 21.1. The van der Waals surface area contributed by atoms with Crippen LogP contribution in [0.5, 0.6) is 5.75 Å². The second kappa shape index (κ2) is 9.76. The highest BCUT2D eigenvalue weighted by Crippen LogP contribution is 2.29. The van der Waals surface area contributed by atoms with Crippen molar-refractivity contribution in [3.05, 3.63) is 29.5 Å². The fraction of sp³-hybridized carbons (Fsp3) is 0.524. The van der Waals surface area contributed by atoms with Crippen molar-refractivity contribution in [2.45, 2.75) is 13.3 Å². The zero-order valence-electron chi connectivity index (χ0n) is 17.4. The largest absolute Gasteiger partial charge is 0.497 e. The molecule has 1 aromatic carbocycles. The molecule has 158 valence electrons. The maximum Gasteiger partial charge on any atom is 0.290 e. The highest BCUT2D eigenvalue weighted by Gasteiger charge is 2.29. The Kier molecular flexibility index (Phi) is 7.11. The van der Waals surface area contributed by atoms with Crippen molar-refractivity contribution in [3.63, 3.8) is 0 Å². The lowest BCUT2D eigenvalue weighted by atomic mass is 10.1. The Morgan fingerprint density at radius 1 is 1.24 bits per heavy atom. The van der Waals surface area contributed by atoms with Crippen LogP contribution in [0.15, 0.2) is 22.6 Å². The molecule has 2 heterocycles. The molecule has 1 aliphatic heterocycles. The molecule has 2 aromatic rings. The van der Waals surface area contributed by atoms with Gasteiger partial charge in [-0.25, -0.2) is 0 Å². The minimum Gasteiger partial charge on any atom is -0.497 e. The molecule has 8 heteroatoms. The van der Waals surface area contributed by atoms with E-state index in [-0.39, 0.29) is 11.8 Å². The van der Waals surface area contributed by atoms with Crippen LogP contribution >= 0.6 is 0 Å². The van der Waals surface area contributed by atoms with Gasteiger partial charge in [0, 0.05) is 31.2 Å². The first-order chi connectivity index (χ1) is 14.0. The zero-order chi connectivity index (χ0) is 20.8. The SMILES string of the molecule is COCCCNC(=O)C[NH+]1CCN(C(=O)c2oc3ccc(OC)cc3c2C)CC1. The van der Waals surface area contributed by atoms with E-state index in [0.29, 0.717) is 44.1 Å². The zero-order valence-corrected chi connectivity index (χ0v) is 17.4. The van der Waals surface area contributed by atoms with E-state index in [1.807, 2.05) is 30.0 Å². The van der Waals surface area contributed by atoms with Gasteiger partial charge in [-0.1, -0.05) is 0 Å². The van der Waals surface area contributed by atoms with Gasteiger partial charge in [-0.2, -0.15) is 0 Å². The summed E-state index contributed by atoms with van der Waals surface area (Å²) in [5, 5.41) is 3.80. The van der Waals surface area contributed by atoms with Gasteiger partial charge in [-0.3, -0.25) is 9.59 Å². The van der Waals surface area contributed by atoms with Gasteiger partial charge in [0.1, 0.15) is 11.3 Å². The van der Waals surface area contributed by atoms with E-state index in [9.17, 15) is 9.59 Å². The number of hydrogen-bond donors (Lipinski definition) is 2. The van der Waals surface area contributed by atoms with Crippen LogP contribution in [0.1, 0.15) is 22.5 Å². The van der Waals surface area contributed by atoms with Crippen molar-refractivity contribution in [2.24, 2.45) is 0 Å². The van der Waals surface area contributed by atoms with Gasteiger partial charge in [0.05, 0.1) is 33.3 Å². The Morgan fingerprint density at radius 3 is 2.69 bits per heavy atom. The Balaban J connectivity index is 1.54. The number of quaternary nitrogens is 1. The maximum atomic E-state index is 13.0. The average molecular weight is 404 g/mol. The van der Waals surface area contributed by atoms with E-state index in [1.54, 1.807) is 14.2 Å². The number of furan rings is 1. The molecule has 1 saturated heterocycles. The number of methoxy groups -OCH3 is 2. The summed E-state index contributed by atoms with van der Waals surface area (Å²) in [6.07, 6.45) is 0.808. The van der Waals surface area contributed by atoms with Gasteiger partial charge < -0.3 is 29.0 Å². The number of piperazine rings is 1. The molecule has 1 aliphatic rings. The minimum absolute atomic E-state index is 0.0398. The number of carbonyl (C=O) groups excluding carboxylic acids is 2. The molecule has 2 amide bonds. The van der Waals surface area contributed by atoms with Crippen molar-refractivity contribution in [2.75, 3.05) is 60.1 Å². The van der Waals surface area contributed by atoms with Crippen LogP contribution in [0.4, 0.5) is 0 Å². The lowest BCUT2D eigenvalue weighted by Crippen LogP contribution is -3.15. The van der Waals surface area contributed by atoms with Crippen LogP contribution in [-0.2, 0) is 9.53 Å². The fourth-order valence-electron chi connectivity index (χ4n) is 3.61. The van der Waals surface area contributed by atoms with Gasteiger partial charge in [-0.05, 0) is 31.5 Å².